The molecule has 2 aliphatic heterocycles. The molecule has 8 heteroatoms. The van der Waals surface area contributed by atoms with Crippen LogP contribution < -0.4 is 0 Å². The van der Waals surface area contributed by atoms with Crippen molar-refractivity contribution >= 4 is 17.7 Å². The summed E-state index contributed by atoms with van der Waals surface area (Å²) in [5.41, 5.74) is -0.380. The zero-order valence-corrected chi connectivity index (χ0v) is 14.6. The number of hydrogen-bond acceptors (Lipinski definition) is 4. The maximum absolute atomic E-state index is 13.1. The van der Waals surface area contributed by atoms with Gasteiger partial charge in [-0.3, -0.25) is 9.69 Å². The van der Waals surface area contributed by atoms with Crippen molar-refractivity contribution in [2.45, 2.75) is 18.8 Å². The number of carbonyl (C=O) groups is 1. The van der Waals surface area contributed by atoms with Gasteiger partial charge in [0.25, 0.3) is 5.91 Å². The van der Waals surface area contributed by atoms with Gasteiger partial charge in [0, 0.05) is 44.2 Å². The van der Waals surface area contributed by atoms with Crippen LogP contribution in [0.4, 0.5) is 13.2 Å². The molecule has 25 heavy (non-hydrogen) atoms. The van der Waals surface area contributed by atoms with Crippen LogP contribution in [-0.4, -0.2) is 66.1 Å². The highest BCUT2D eigenvalue weighted by Crippen LogP contribution is 2.32. The van der Waals surface area contributed by atoms with E-state index in [4.69, 9.17) is 4.74 Å². The monoisotopic (exact) mass is 374 g/mol. The van der Waals surface area contributed by atoms with E-state index in [0.29, 0.717) is 32.8 Å². The summed E-state index contributed by atoms with van der Waals surface area (Å²) in [6, 6.07) is 5.60. The first-order valence-electron chi connectivity index (χ1n) is 8.31. The van der Waals surface area contributed by atoms with Crippen LogP contribution in [0.3, 0.4) is 0 Å². The number of amides is 1. The van der Waals surface area contributed by atoms with Crippen LogP contribution in [0.2, 0.25) is 0 Å². The molecule has 0 aromatic heterocycles. The molecule has 1 aromatic rings. The first-order chi connectivity index (χ1) is 11.9. The quantitative estimate of drug-likeness (QED) is 0.814. The third-order valence-electron chi connectivity index (χ3n) is 4.47. The first-order valence-corrected chi connectivity index (χ1v) is 9.46. The second-order valence-electron chi connectivity index (χ2n) is 6.19. The van der Waals surface area contributed by atoms with Gasteiger partial charge in [0.2, 0.25) is 0 Å². The fourth-order valence-corrected chi connectivity index (χ4v) is 4.06. The Balaban J connectivity index is 1.65. The zero-order chi connectivity index (χ0) is 17.9. The minimum absolute atomic E-state index is 0.0471. The topological polar surface area (TPSA) is 32.8 Å². The van der Waals surface area contributed by atoms with Gasteiger partial charge in [-0.15, -0.1) is 0 Å². The lowest BCUT2D eigenvalue weighted by Crippen LogP contribution is -2.52. The van der Waals surface area contributed by atoms with Crippen LogP contribution in [0.15, 0.2) is 24.3 Å². The van der Waals surface area contributed by atoms with E-state index >= 15 is 0 Å². The third-order valence-corrected chi connectivity index (χ3v) is 5.41. The number of alkyl halides is 3. The molecule has 2 fully saturated rings. The summed E-state index contributed by atoms with van der Waals surface area (Å²) in [7, 11) is 0. The van der Waals surface area contributed by atoms with Gasteiger partial charge in [0.1, 0.15) is 6.10 Å². The molecule has 0 radical (unpaired) electrons. The number of benzene rings is 1. The molecule has 0 N–H and O–H groups in total. The van der Waals surface area contributed by atoms with E-state index in [9.17, 15) is 18.0 Å². The predicted molar refractivity (Wildman–Crippen MR) is 90.4 cm³/mol. The van der Waals surface area contributed by atoms with Gasteiger partial charge < -0.3 is 9.64 Å². The summed E-state index contributed by atoms with van der Waals surface area (Å²) in [6.45, 7) is 2.78. The zero-order valence-electron chi connectivity index (χ0n) is 13.8. The van der Waals surface area contributed by atoms with Gasteiger partial charge in [-0.2, -0.15) is 24.9 Å². The van der Waals surface area contributed by atoms with Crippen molar-refractivity contribution in [3.05, 3.63) is 35.4 Å². The molecule has 2 saturated heterocycles. The Kier molecular flexibility index (Phi) is 5.91. The standard InChI is InChI=1S/C17H21F3N2O2S/c18-17(19,20)14-4-2-1-3-13(14)11-21-5-8-24-15(12-21)16(23)22-6-9-25-10-7-22/h1-4,15H,5-12H2. The second kappa shape index (κ2) is 7.97. The molecule has 138 valence electrons. The lowest BCUT2D eigenvalue weighted by atomic mass is 10.1. The van der Waals surface area contributed by atoms with Crippen LogP contribution in [0, 0.1) is 0 Å². The molecule has 0 saturated carbocycles. The number of carbonyl (C=O) groups excluding carboxylic acids is 1. The minimum atomic E-state index is -4.37. The van der Waals surface area contributed by atoms with Crippen molar-refractivity contribution in [3.8, 4) is 0 Å². The fraction of sp³-hybridized carbons (Fsp3) is 0.588. The van der Waals surface area contributed by atoms with Gasteiger partial charge >= 0.3 is 6.18 Å². The largest absolute Gasteiger partial charge is 0.416 e. The lowest BCUT2D eigenvalue weighted by Gasteiger charge is -2.36. The second-order valence-corrected chi connectivity index (χ2v) is 7.41. The summed E-state index contributed by atoms with van der Waals surface area (Å²) in [5.74, 6) is 1.79. The van der Waals surface area contributed by atoms with E-state index in [1.807, 2.05) is 16.7 Å². The van der Waals surface area contributed by atoms with Gasteiger partial charge in [-0.1, -0.05) is 18.2 Å². The van der Waals surface area contributed by atoms with Crippen molar-refractivity contribution in [3.63, 3.8) is 0 Å². The Morgan fingerprint density at radius 2 is 1.92 bits per heavy atom. The highest BCUT2D eigenvalue weighted by molar-refractivity contribution is 7.99. The minimum Gasteiger partial charge on any atom is -0.366 e. The van der Waals surface area contributed by atoms with Crippen molar-refractivity contribution in [1.82, 2.24) is 9.80 Å². The summed E-state index contributed by atoms with van der Waals surface area (Å²) >= 11 is 1.82. The molecule has 0 aliphatic carbocycles. The average molecular weight is 374 g/mol. The van der Waals surface area contributed by atoms with Gasteiger partial charge in [-0.25, -0.2) is 0 Å². The lowest BCUT2D eigenvalue weighted by molar-refractivity contribution is -0.150. The van der Waals surface area contributed by atoms with E-state index in [-0.39, 0.29) is 18.0 Å². The molecule has 0 spiro atoms. The maximum atomic E-state index is 13.1. The van der Waals surface area contributed by atoms with E-state index in [2.05, 4.69) is 0 Å². The highest BCUT2D eigenvalue weighted by Gasteiger charge is 2.35. The number of thioether (sulfide) groups is 1. The van der Waals surface area contributed by atoms with Gasteiger partial charge in [0.15, 0.2) is 0 Å². The number of morpholine rings is 1. The number of rotatable bonds is 3. The third kappa shape index (κ3) is 4.68. The van der Waals surface area contributed by atoms with E-state index in [1.165, 1.54) is 12.1 Å². The summed E-state index contributed by atoms with van der Waals surface area (Å²) < 4.78 is 45.0. The van der Waals surface area contributed by atoms with Crippen LogP contribution >= 0.6 is 11.8 Å². The Hall–Kier alpha value is -1.25. The smallest absolute Gasteiger partial charge is 0.366 e. The van der Waals surface area contributed by atoms with Crippen molar-refractivity contribution in [2.24, 2.45) is 0 Å². The van der Waals surface area contributed by atoms with Crippen molar-refractivity contribution < 1.29 is 22.7 Å². The summed E-state index contributed by atoms with van der Waals surface area (Å²) in [4.78, 5) is 16.2. The molecule has 1 amide bonds. The molecular weight excluding hydrogens is 353 g/mol. The van der Waals surface area contributed by atoms with Crippen LogP contribution in [0.5, 0.6) is 0 Å². The van der Waals surface area contributed by atoms with Crippen LogP contribution in [0.25, 0.3) is 0 Å². The molecule has 2 aliphatic rings. The normalized spacial score (nSPS) is 22.8. The molecule has 1 atom stereocenters. The number of halogens is 3. The Morgan fingerprint density at radius 1 is 1.20 bits per heavy atom. The van der Waals surface area contributed by atoms with Crippen LogP contribution in [0.1, 0.15) is 11.1 Å². The molecular formula is C17H21F3N2O2S. The number of ether oxygens (including phenoxy) is 1. The number of hydrogen-bond donors (Lipinski definition) is 0. The Bertz CT molecular complexity index is 606. The first kappa shape index (κ1) is 18.5. The van der Waals surface area contributed by atoms with Gasteiger partial charge in [-0.05, 0) is 11.6 Å². The van der Waals surface area contributed by atoms with Crippen molar-refractivity contribution in [1.29, 1.82) is 0 Å². The average Bonchev–Trinajstić information content (AvgIpc) is 2.62. The van der Waals surface area contributed by atoms with E-state index in [1.54, 1.807) is 11.0 Å². The molecule has 1 aromatic carbocycles. The fourth-order valence-electron chi connectivity index (χ4n) is 3.16. The molecule has 4 nitrogen and oxygen atoms in total. The predicted octanol–water partition coefficient (Wildman–Crippen LogP) is 2.48. The molecule has 0 bridgehead atoms. The molecule has 3 rings (SSSR count). The Labute approximate surface area is 149 Å². The maximum Gasteiger partial charge on any atom is 0.416 e. The van der Waals surface area contributed by atoms with Gasteiger partial charge in [0.05, 0.1) is 12.2 Å². The summed E-state index contributed by atoms with van der Waals surface area (Å²) in [6.07, 6.45) is -4.96. The SMILES string of the molecule is O=C(C1CN(Cc2ccccc2C(F)(F)F)CCO1)N1CCSCC1. The van der Waals surface area contributed by atoms with E-state index < -0.39 is 17.8 Å². The molecule has 1 unspecified atom stereocenters. The Morgan fingerprint density at radius 3 is 2.64 bits per heavy atom. The van der Waals surface area contributed by atoms with Crippen LogP contribution in [-0.2, 0) is 22.3 Å². The molecule has 2 heterocycles. The van der Waals surface area contributed by atoms with E-state index in [0.717, 1.165) is 17.6 Å². The highest BCUT2D eigenvalue weighted by atomic mass is 32.2. The summed E-state index contributed by atoms with van der Waals surface area (Å²) in [5, 5.41) is 0. The number of nitrogens with zero attached hydrogens (tertiary/aromatic N) is 2. The van der Waals surface area contributed by atoms with Crippen molar-refractivity contribution in [2.75, 3.05) is 44.3 Å².